The Bertz CT molecular complexity index is 1970. The molecule has 24 heteroatoms. The number of nitrogens with one attached hydrogen (secondary N) is 8. The van der Waals surface area contributed by atoms with Gasteiger partial charge in [-0.25, -0.2) is 19.2 Å². The highest BCUT2D eigenvalue weighted by molar-refractivity contribution is 8.76. The number of amides is 8. The van der Waals surface area contributed by atoms with Crippen molar-refractivity contribution in [3.63, 3.8) is 0 Å². The quantitative estimate of drug-likeness (QED) is 0.100. The number of hydrogen-bond acceptors (Lipinski definition) is 16. The van der Waals surface area contributed by atoms with E-state index in [2.05, 4.69) is 42.5 Å². The van der Waals surface area contributed by atoms with Gasteiger partial charge in [-0.15, -0.1) is 0 Å². The van der Waals surface area contributed by atoms with Gasteiger partial charge in [-0.1, -0.05) is 110 Å². The molecule has 22 nitrogen and oxygen atoms in total. The highest BCUT2D eigenvalue weighted by Gasteiger charge is 2.37. The fraction of sp³-hybridized carbons (Fsp3) is 0.500. The number of carbonyl (C=O) groups is 10. The van der Waals surface area contributed by atoms with Crippen LogP contribution in [0.4, 0.5) is 9.59 Å². The molecule has 8 atom stereocenters. The summed E-state index contributed by atoms with van der Waals surface area (Å²) in [7, 11) is 2.01. The van der Waals surface area contributed by atoms with Crippen molar-refractivity contribution < 1.29 is 66.9 Å². The molecule has 0 spiro atoms. The standard InChI is InChI=1S/C44H58N8O14S2/c1-23(2)33-41(59)63-19-29(49-43(61)65-17-27-13-9-7-10-14-27)37(55)45-26(6)36(54)48-32-22-68-67-21-31(39(57)51-33)47-35(53)25(5)46-38(56)30(20-64-42(60)34(24(3)4)52-40(32)58)50-44(62)66-18-28-15-11-8-12-16-28/h7-16,23-26,29-34H,17-22H2,1-6H3,(H,45,55)(H,46,56)(H,47,53)(H,48,54)(H,49,61)(H,50,62)(H,51,57)(H,52,58)/t25-,26-,29+,30+,31-,32+,33-,34-/m1/s1. The lowest BCUT2D eigenvalue weighted by Crippen LogP contribution is -2.60. The molecule has 2 aliphatic rings. The van der Waals surface area contributed by atoms with Crippen molar-refractivity contribution in [3.05, 3.63) is 71.8 Å². The molecule has 0 aliphatic carbocycles. The Morgan fingerprint density at radius 1 is 0.544 bits per heavy atom. The van der Waals surface area contributed by atoms with Gasteiger partial charge >= 0.3 is 24.1 Å². The van der Waals surface area contributed by atoms with Crippen molar-refractivity contribution in [1.82, 2.24) is 42.5 Å². The Hall–Kier alpha value is -6.56. The summed E-state index contributed by atoms with van der Waals surface area (Å²) in [5.41, 5.74) is 1.26. The Kier molecular flexibility index (Phi) is 21.2. The predicted octanol–water partition coefficient (Wildman–Crippen LogP) is 0.332. The van der Waals surface area contributed by atoms with Crippen molar-refractivity contribution in [3.8, 4) is 0 Å². The molecular formula is C44H58N8O14S2. The van der Waals surface area contributed by atoms with Gasteiger partial charge in [-0.2, -0.15) is 0 Å². The smallest absolute Gasteiger partial charge is 0.408 e. The number of benzene rings is 2. The molecule has 370 valence electrons. The second-order valence-corrected chi connectivity index (χ2v) is 18.9. The average molecular weight is 987 g/mol. The van der Waals surface area contributed by atoms with E-state index in [0.717, 1.165) is 21.6 Å². The summed E-state index contributed by atoms with van der Waals surface area (Å²) in [6.45, 7) is 7.05. The van der Waals surface area contributed by atoms with Gasteiger partial charge in [0.1, 0.15) is 74.8 Å². The van der Waals surface area contributed by atoms with E-state index in [9.17, 15) is 47.9 Å². The molecule has 2 saturated heterocycles. The normalized spacial score (nSPS) is 25.4. The molecule has 2 bridgehead atoms. The number of ether oxygens (including phenoxy) is 4. The first-order valence-electron chi connectivity index (χ1n) is 21.7. The molecule has 8 amide bonds. The van der Waals surface area contributed by atoms with Gasteiger partial charge in [-0.3, -0.25) is 28.8 Å². The van der Waals surface area contributed by atoms with Gasteiger partial charge < -0.3 is 61.5 Å². The minimum absolute atomic E-state index is 0.178. The van der Waals surface area contributed by atoms with E-state index in [4.69, 9.17) is 18.9 Å². The number of rotatable bonds is 8. The maximum atomic E-state index is 14.0. The van der Waals surface area contributed by atoms with Crippen molar-refractivity contribution in [2.75, 3.05) is 24.7 Å². The van der Waals surface area contributed by atoms with Crippen molar-refractivity contribution in [2.24, 2.45) is 11.8 Å². The summed E-state index contributed by atoms with van der Waals surface area (Å²) < 4.78 is 21.5. The molecular weight excluding hydrogens is 929 g/mol. The third-order valence-electron chi connectivity index (χ3n) is 10.2. The van der Waals surface area contributed by atoms with Crippen LogP contribution >= 0.6 is 21.6 Å². The van der Waals surface area contributed by atoms with Crippen LogP contribution in [-0.4, -0.2) is 133 Å². The zero-order valence-corrected chi connectivity index (χ0v) is 40.0. The lowest BCUT2D eigenvalue weighted by atomic mass is 10.0. The van der Waals surface area contributed by atoms with E-state index < -0.39 is 133 Å². The summed E-state index contributed by atoms with van der Waals surface area (Å²) in [4.78, 5) is 136. The minimum atomic E-state index is -1.64. The zero-order chi connectivity index (χ0) is 49.9. The van der Waals surface area contributed by atoms with Gasteiger partial charge in [0, 0.05) is 11.5 Å². The second-order valence-electron chi connectivity index (χ2n) is 16.4. The van der Waals surface area contributed by atoms with E-state index in [1.165, 1.54) is 13.8 Å². The number of esters is 2. The number of fused-ring (bicyclic) bond motifs is 5. The van der Waals surface area contributed by atoms with Crippen molar-refractivity contribution >= 4 is 81.2 Å². The first kappa shape index (κ1) is 54.0. The Labute approximate surface area is 400 Å². The SMILES string of the molecule is CC(C)[C@H]1NC(=O)[C@@H]2CSSC[C@@H](NC(=O)[C@@H](C)NC(=O)[C@@H](NC(=O)OCc3ccccc3)COC1=O)C(=O)N[C@H](C(C)C)C(=O)OC[C@H](NC(=O)OCc1ccccc1)C(=O)N[C@H](C)C(=O)N2. The molecule has 2 aromatic carbocycles. The van der Waals surface area contributed by atoms with Crippen molar-refractivity contribution in [2.45, 2.75) is 103 Å². The summed E-state index contributed by atoms with van der Waals surface area (Å²) >= 11 is 0. The second kappa shape index (κ2) is 26.7. The highest BCUT2D eigenvalue weighted by Crippen LogP contribution is 2.24. The minimum Gasteiger partial charge on any atom is -0.461 e. The zero-order valence-electron chi connectivity index (χ0n) is 38.3. The fourth-order valence-electron chi connectivity index (χ4n) is 6.14. The number of cyclic esters (lactones) is 2. The summed E-state index contributed by atoms with van der Waals surface area (Å²) in [6, 6.07) is 5.71. The monoisotopic (exact) mass is 986 g/mol. The predicted molar refractivity (Wildman–Crippen MR) is 247 cm³/mol. The van der Waals surface area contributed by atoms with Crippen LogP contribution in [0, 0.1) is 11.8 Å². The number of hydrogen-bond donors (Lipinski definition) is 8. The molecule has 2 aliphatic heterocycles. The topological polar surface area (TPSA) is 304 Å². The van der Waals surface area contributed by atoms with E-state index >= 15 is 0 Å². The van der Waals surface area contributed by atoms with Gasteiger partial charge in [0.15, 0.2) is 0 Å². The molecule has 8 N–H and O–H groups in total. The largest absolute Gasteiger partial charge is 0.461 e. The Balaban J connectivity index is 1.67. The molecule has 2 fully saturated rings. The Morgan fingerprint density at radius 2 is 0.897 bits per heavy atom. The maximum Gasteiger partial charge on any atom is 0.408 e. The third-order valence-corrected chi connectivity index (χ3v) is 12.6. The first-order valence-corrected chi connectivity index (χ1v) is 24.2. The van der Waals surface area contributed by atoms with Crippen LogP contribution in [-0.2, 0) is 70.5 Å². The average Bonchev–Trinajstić information content (AvgIpc) is 3.30. The van der Waals surface area contributed by atoms with Crippen LogP contribution in [0.25, 0.3) is 0 Å². The number of alkyl carbamates (subject to hydrolysis) is 2. The molecule has 2 heterocycles. The van der Waals surface area contributed by atoms with E-state index in [1.54, 1.807) is 88.4 Å². The molecule has 4 rings (SSSR count). The van der Waals surface area contributed by atoms with Crippen LogP contribution in [0.15, 0.2) is 60.7 Å². The molecule has 2 aromatic rings. The van der Waals surface area contributed by atoms with Crippen LogP contribution in [0.1, 0.15) is 52.7 Å². The lowest BCUT2D eigenvalue weighted by Gasteiger charge is -2.28. The van der Waals surface area contributed by atoms with Crippen LogP contribution in [0.5, 0.6) is 0 Å². The summed E-state index contributed by atoms with van der Waals surface area (Å²) in [5.74, 6) is -9.11. The molecule has 0 unspecified atom stereocenters. The third kappa shape index (κ3) is 17.3. The highest BCUT2D eigenvalue weighted by atomic mass is 33.1. The van der Waals surface area contributed by atoms with Crippen LogP contribution in [0.2, 0.25) is 0 Å². The van der Waals surface area contributed by atoms with Gasteiger partial charge in [0.2, 0.25) is 35.4 Å². The Morgan fingerprint density at radius 3 is 1.24 bits per heavy atom. The van der Waals surface area contributed by atoms with Gasteiger partial charge in [0.05, 0.1) is 0 Å². The van der Waals surface area contributed by atoms with Gasteiger partial charge in [0.25, 0.3) is 0 Å². The summed E-state index contributed by atoms with van der Waals surface area (Å²) in [6.07, 6.45) is -2.14. The fourth-order valence-corrected chi connectivity index (χ4v) is 8.47. The van der Waals surface area contributed by atoms with E-state index in [0.29, 0.717) is 11.1 Å². The molecule has 0 radical (unpaired) electrons. The van der Waals surface area contributed by atoms with Gasteiger partial charge in [-0.05, 0) is 36.8 Å². The van der Waals surface area contributed by atoms with E-state index in [-0.39, 0.29) is 24.7 Å². The lowest BCUT2D eigenvalue weighted by molar-refractivity contribution is -0.152. The summed E-state index contributed by atoms with van der Waals surface area (Å²) in [5, 5.41) is 19.8. The van der Waals surface area contributed by atoms with Crippen molar-refractivity contribution in [1.29, 1.82) is 0 Å². The molecule has 68 heavy (non-hydrogen) atoms. The van der Waals surface area contributed by atoms with Crippen LogP contribution in [0.3, 0.4) is 0 Å². The maximum absolute atomic E-state index is 14.0. The molecule has 0 aromatic heterocycles. The first-order chi connectivity index (χ1) is 32.3. The van der Waals surface area contributed by atoms with Crippen LogP contribution < -0.4 is 42.5 Å². The molecule has 0 saturated carbocycles. The number of carbonyl (C=O) groups excluding carboxylic acids is 10. The van der Waals surface area contributed by atoms with E-state index in [1.807, 2.05) is 0 Å².